The number of alkyl halides is 2. The van der Waals surface area contributed by atoms with Gasteiger partial charge in [-0.2, -0.15) is 8.78 Å². The Bertz CT molecular complexity index is 1360. The Labute approximate surface area is 223 Å². The molecule has 1 aliphatic carbocycles. The van der Waals surface area contributed by atoms with E-state index in [1.807, 2.05) is 0 Å². The van der Waals surface area contributed by atoms with Crippen LogP contribution in [0.25, 0.3) is 11.1 Å². The highest BCUT2D eigenvalue weighted by molar-refractivity contribution is 7.27. The van der Waals surface area contributed by atoms with Crippen LogP contribution in [0.3, 0.4) is 0 Å². The van der Waals surface area contributed by atoms with Crippen LogP contribution in [0, 0.1) is 46.8 Å². The SMILES string of the molecule is CC1CCC(C2COc3cc(-c4cc(F)c(C(F)(F)Oc5cc(F)c(P)c(F)c5)c(F)c4)c(F)cc3C2)CC1. The fourth-order valence-electron chi connectivity index (χ4n) is 5.53. The summed E-state index contributed by atoms with van der Waals surface area (Å²) in [6.07, 6.45) is 0.481. The summed E-state index contributed by atoms with van der Waals surface area (Å²) in [7, 11) is 1.76. The minimum atomic E-state index is -4.63. The van der Waals surface area contributed by atoms with Crippen molar-refractivity contribution < 1.29 is 40.2 Å². The molecule has 0 N–H and O–H groups in total. The van der Waals surface area contributed by atoms with Gasteiger partial charge in [-0.15, -0.1) is 0 Å². The highest BCUT2D eigenvalue weighted by atomic mass is 31.0. The standard InChI is InChI=1S/C29H26F7O2P/c1-14-2-4-15(5-3-14)18-6-17-9-21(30)20(12-26(17)37-13-18)16-7-22(31)27(23(32)8-16)29(35,36)38-19-10-24(33)28(39)25(34)11-19/h7-12,14-15,18H,2-6,13,39H2,1H3. The predicted molar refractivity (Wildman–Crippen MR) is 136 cm³/mol. The fraction of sp³-hybridized carbons (Fsp3) is 0.379. The van der Waals surface area contributed by atoms with Gasteiger partial charge in [-0.25, -0.2) is 22.0 Å². The van der Waals surface area contributed by atoms with Crippen molar-refractivity contribution in [1.29, 1.82) is 0 Å². The van der Waals surface area contributed by atoms with Gasteiger partial charge in [0.05, 0.1) is 6.61 Å². The van der Waals surface area contributed by atoms with Crippen LogP contribution in [0.15, 0.2) is 36.4 Å². The van der Waals surface area contributed by atoms with Crippen molar-refractivity contribution in [2.75, 3.05) is 6.61 Å². The lowest BCUT2D eigenvalue weighted by Gasteiger charge is -2.35. The highest BCUT2D eigenvalue weighted by Gasteiger charge is 2.42. The minimum Gasteiger partial charge on any atom is -0.493 e. The van der Waals surface area contributed by atoms with Crippen molar-refractivity contribution in [1.82, 2.24) is 0 Å². The van der Waals surface area contributed by atoms with E-state index in [0.717, 1.165) is 25.7 Å². The zero-order chi connectivity index (χ0) is 28.1. The Hall–Kier alpha value is -2.80. The molecule has 2 aliphatic rings. The van der Waals surface area contributed by atoms with Gasteiger partial charge < -0.3 is 9.47 Å². The van der Waals surface area contributed by atoms with Crippen molar-refractivity contribution in [3.05, 3.63) is 76.6 Å². The van der Waals surface area contributed by atoms with Crippen molar-refractivity contribution in [3.63, 3.8) is 0 Å². The minimum absolute atomic E-state index is 0.215. The molecule has 0 bridgehead atoms. The molecule has 0 aromatic heterocycles. The topological polar surface area (TPSA) is 18.5 Å². The molecule has 5 rings (SSSR count). The summed E-state index contributed by atoms with van der Waals surface area (Å²) >= 11 is 0. The van der Waals surface area contributed by atoms with Crippen LogP contribution in [0.5, 0.6) is 11.5 Å². The van der Waals surface area contributed by atoms with Crippen LogP contribution in [0.2, 0.25) is 0 Å². The molecule has 2 atom stereocenters. The molecule has 0 amide bonds. The van der Waals surface area contributed by atoms with Gasteiger partial charge in [0.25, 0.3) is 0 Å². The lowest BCUT2D eigenvalue weighted by molar-refractivity contribution is -0.189. The summed E-state index contributed by atoms with van der Waals surface area (Å²) in [4.78, 5) is 0. The first-order valence-corrected chi connectivity index (χ1v) is 13.3. The molecule has 3 aromatic carbocycles. The van der Waals surface area contributed by atoms with Crippen LogP contribution in [0.1, 0.15) is 43.7 Å². The molecule has 2 nitrogen and oxygen atoms in total. The first-order valence-electron chi connectivity index (χ1n) is 12.7. The van der Waals surface area contributed by atoms with Crippen LogP contribution >= 0.6 is 9.24 Å². The monoisotopic (exact) mass is 570 g/mol. The summed E-state index contributed by atoms with van der Waals surface area (Å²) < 4.78 is 112. The summed E-state index contributed by atoms with van der Waals surface area (Å²) in [6, 6.07) is 4.63. The predicted octanol–water partition coefficient (Wildman–Crippen LogP) is 8.06. The molecule has 10 heteroatoms. The number of fused-ring (bicyclic) bond motifs is 1. The maximum absolute atomic E-state index is 15.1. The Balaban J connectivity index is 1.40. The van der Waals surface area contributed by atoms with E-state index >= 15 is 4.39 Å². The second kappa shape index (κ2) is 10.6. The van der Waals surface area contributed by atoms with Gasteiger partial charge >= 0.3 is 6.11 Å². The van der Waals surface area contributed by atoms with Gasteiger partial charge in [-0.05, 0) is 72.4 Å². The van der Waals surface area contributed by atoms with Gasteiger partial charge in [0.2, 0.25) is 0 Å². The number of hydrogen-bond acceptors (Lipinski definition) is 2. The number of rotatable bonds is 5. The number of ether oxygens (including phenoxy) is 2. The number of hydrogen-bond donors (Lipinski definition) is 0. The van der Waals surface area contributed by atoms with E-state index in [9.17, 15) is 26.3 Å². The van der Waals surface area contributed by atoms with Crippen LogP contribution in [-0.2, 0) is 12.5 Å². The van der Waals surface area contributed by atoms with E-state index in [2.05, 4.69) is 11.7 Å². The lowest BCUT2D eigenvalue weighted by atomic mass is 9.74. The molecule has 1 fully saturated rings. The van der Waals surface area contributed by atoms with Crippen molar-refractivity contribution in [3.8, 4) is 22.6 Å². The van der Waals surface area contributed by atoms with E-state index in [-0.39, 0.29) is 17.0 Å². The molecule has 39 heavy (non-hydrogen) atoms. The summed E-state index contributed by atoms with van der Waals surface area (Å²) in [5.74, 6) is -5.76. The molecule has 1 heterocycles. The molecule has 2 unspecified atom stereocenters. The molecule has 208 valence electrons. The Morgan fingerprint density at radius 2 is 1.41 bits per heavy atom. The van der Waals surface area contributed by atoms with E-state index in [0.29, 0.717) is 60.4 Å². The molecule has 3 aromatic rings. The van der Waals surface area contributed by atoms with Crippen molar-refractivity contribution in [2.45, 2.75) is 45.1 Å². The smallest absolute Gasteiger partial charge is 0.432 e. The van der Waals surface area contributed by atoms with Crippen molar-refractivity contribution >= 4 is 14.5 Å². The molecule has 0 spiro atoms. The molecule has 0 radical (unpaired) electrons. The highest BCUT2D eigenvalue weighted by Crippen LogP contribution is 2.42. The average molecular weight is 570 g/mol. The maximum atomic E-state index is 15.1. The summed E-state index contributed by atoms with van der Waals surface area (Å²) in [6.45, 7) is 2.68. The van der Waals surface area contributed by atoms with Gasteiger partial charge in [0.15, 0.2) is 0 Å². The third-order valence-electron chi connectivity index (χ3n) is 7.76. The average Bonchev–Trinajstić information content (AvgIpc) is 2.86. The maximum Gasteiger partial charge on any atom is 0.432 e. The quantitative estimate of drug-likeness (QED) is 0.228. The zero-order valence-electron chi connectivity index (χ0n) is 21.0. The normalized spacial score (nSPS) is 21.3. The number of halogens is 7. The van der Waals surface area contributed by atoms with Crippen LogP contribution in [0.4, 0.5) is 30.7 Å². The van der Waals surface area contributed by atoms with Gasteiger partial charge in [0, 0.05) is 23.0 Å². The van der Waals surface area contributed by atoms with Crippen molar-refractivity contribution in [2.24, 2.45) is 17.8 Å². The van der Waals surface area contributed by atoms with E-state index < -0.39 is 51.8 Å². The second-order valence-corrected chi connectivity index (χ2v) is 11.0. The fourth-order valence-corrected chi connectivity index (χ4v) is 5.70. The van der Waals surface area contributed by atoms with Gasteiger partial charge in [-0.3, -0.25) is 0 Å². The summed E-state index contributed by atoms with van der Waals surface area (Å²) in [5, 5.41) is -0.512. The van der Waals surface area contributed by atoms with Gasteiger partial charge in [0.1, 0.15) is 46.1 Å². The zero-order valence-corrected chi connectivity index (χ0v) is 22.1. The summed E-state index contributed by atoms with van der Waals surface area (Å²) in [5.41, 5.74) is -1.66. The Morgan fingerprint density at radius 3 is 2.03 bits per heavy atom. The van der Waals surface area contributed by atoms with E-state index in [4.69, 9.17) is 4.74 Å². The second-order valence-electron chi connectivity index (χ2n) is 10.5. The molecule has 1 aliphatic heterocycles. The van der Waals surface area contributed by atoms with Gasteiger partial charge in [-0.1, -0.05) is 29.0 Å². The molecule has 0 saturated heterocycles. The largest absolute Gasteiger partial charge is 0.493 e. The first-order chi connectivity index (χ1) is 18.4. The Kier molecular flexibility index (Phi) is 7.57. The Morgan fingerprint density at radius 1 is 0.795 bits per heavy atom. The van der Waals surface area contributed by atoms with E-state index in [1.54, 1.807) is 9.24 Å². The lowest BCUT2D eigenvalue weighted by Crippen LogP contribution is -2.30. The molecule has 1 saturated carbocycles. The van der Waals surface area contributed by atoms with E-state index in [1.165, 1.54) is 12.1 Å². The third kappa shape index (κ3) is 5.60. The molecular weight excluding hydrogens is 544 g/mol. The van der Waals surface area contributed by atoms with Crippen LogP contribution < -0.4 is 14.8 Å². The first kappa shape index (κ1) is 27.8. The number of benzene rings is 3. The van der Waals surface area contributed by atoms with Crippen LogP contribution in [-0.4, -0.2) is 6.61 Å². The molecular formula is C29H26F7O2P. The third-order valence-corrected chi connectivity index (χ3v) is 8.31.